The topological polar surface area (TPSA) is 102 Å². The van der Waals surface area contributed by atoms with Gasteiger partial charge in [-0.25, -0.2) is 4.79 Å². The van der Waals surface area contributed by atoms with Gasteiger partial charge >= 0.3 is 12.0 Å². The molecule has 8 nitrogen and oxygen atoms in total. The van der Waals surface area contributed by atoms with Crippen molar-refractivity contribution in [2.75, 3.05) is 45.8 Å². The van der Waals surface area contributed by atoms with E-state index in [2.05, 4.69) is 10.6 Å². The summed E-state index contributed by atoms with van der Waals surface area (Å²) in [6, 6.07) is -0.405. The number of carbonyl (C=O) groups is 3. The molecular formula is C12H22N4O4. The molecule has 0 bridgehead atoms. The van der Waals surface area contributed by atoms with Crippen molar-refractivity contribution in [2.24, 2.45) is 0 Å². The highest BCUT2D eigenvalue weighted by Crippen LogP contribution is 1.95. The predicted molar refractivity (Wildman–Crippen MR) is 72.3 cm³/mol. The Morgan fingerprint density at radius 3 is 2.50 bits per heavy atom. The molecule has 3 N–H and O–H groups in total. The summed E-state index contributed by atoms with van der Waals surface area (Å²) in [6.45, 7) is 5.07. The minimum atomic E-state index is -0.951. The number of urea groups is 1. The van der Waals surface area contributed by atoms with Crippen LogP contribution in [-0.4, -0.2) is 78.6 Å². The second-order valence-corrected chi connectivity index (χ2v) is 4.51. The van der Waals surface area contributed by atoms with E-state index in [0.717, 1.165) is 13.1 Å². The smallest absolute Gasteiger partial charge is 0.317 e. The van der Waals surface area contributed by atoms with Crippen molar-refractivity contribution in [3.63, 3.8) is 0 Å². The molecule has 1 fully saturated rings. The molecule has 0 unspecified atom stereocenters. The lowest BCUT2D eigenvalue weighted by atomic mass is 10.3. The second kappa shape index (κ2) is 8.36. The van der Waals surface area contributed by atoms with Crippen LogP contribution in [0.25, 0.3) is 0 Å². The first-order valence-electron chi connectivity index (χ1n) is 6.77. The molecule has 114 valence electrons. The van der Waals surface area contributed by atoms with Gasteiger partial charge in [0.15, 0.2) is 0 Å². The maximum Gasteiger partial charge on any atom is 0.317 e. The van der Waals surface area contributed by atoms with Crippen molar-refractivity contribution in [1.29, 1.82) is 0 Å². The maximum absolute atomic E-state index is 11.9. The van der Waals surface area contributed by atoms with Crippen molar-refractivity contribution in [3.8, 4) is 0 Å². The third-order valence-electron chi connectivity index (χ3n) is 3.13. The molecule has 0 aromatic heterocycles. The van der Waals surface area contributed by atoms with Crippen LogP contribution in [0.3, 0.4) is 0 Å². The van der Waals surface area contributed by atoms with Gasteiger partial charge in [0.05, 0.1) is 13.0 Å². The van der Waals surface area contributed by atoms with Gasteiger partial charge in [-0.2, -0.15) is 0 Å². The van der Waals surface area contributed by atoms with E-state index in [4.69, 9.17) is 5.11 Å². The molecule has 1 aliphatic heterocycles. The monoisotopic (exact) mass is 286 g/mol. The van der Waals surface area contributed by atoms with Gasteiger partial charge in [0.25, 0.3) is 0 Å². The third-order valence-corrected chi connectivity index (χ3v) is 3.13. The maximum atomic E-state index is 11.9. The summed E-state index contributed by atoms with van der Waals surface area (Å²) >= 11 is 0. The Balaban J connectivity index is 2.32. The molecule has 1 heterocycles. The molecule has 1 rings (SSSR count). The number of hydrogen-bond acceptors (Lipinski definition) is 4. The van der Waals surface area contributed by atoms with Gasteiger partial charge in [-0.05, 0) is 6.92 Å². The fourth-order valence-corrected chi connectivity index (χ4v) is 1.92. The highest BCUT2D eigenvalue weighted by molar-refractivity contribution is 5.84. The Bertz CT molecular complexity index is 355. The van der Waals surface area contributed by atoms with E-state index in [1.165, 1.54) is 4.90 Å². The molecule has 1 aliphatic rings. The number of nitrogens with one attached hydrogen (secondary N) is 2. The van der Waals surface area contributed by atoms with Crippen molar-refractivity contribution < 1.29 is 19.5 Å². The van der Waals surface area contributed by atoms with E-state index in [-0.39, 0.29) is 25.4 Å². The van der Waals surface area contributed by atoms with Crippen LogP contribution in [0.5, 0.6) is 0 Å². The second-order valence-electron chi connectivity index (χ2n) is 4.51. The first-order chi connectivity index (χ1) is 9.54. The molecule has 0 saturated carbocycles. The molecule has 3 amide bonds. The molecule has 0 radical (unpaired) electrons. The summed E-state index contributed by atoms with van der Waals surface area (Å²) in [5, 5.41) is 14.3. The van der Waals surface area contributed by atoms with Gasteiger partial charge in [0.2, 0.25) is 5.91 Å². The predicted octanol–water partition coefficient (Wildman–Crippen LogP) is -1.08. The quantitative estimate of drug-likeness (QED) is 0.577. The molecule has 0 aromatic rings. The summed E-state index contributed by atoms with van der Waals surface area (Å²) in [5.74, 6) is -1.07. The lowest BCUT2D eigenvalue weighted by molar-refractivity contribution is -0.137. The Morgan fingerprint density at radius 2 is 1.95 bits per heavy atom. The average molecular weight is 286 g/mol. The Kier molecular flexibility index (Phi) is 6.78. The first-order valence-corrected chi connectivity index (χ1v) is 6.77. The van der Waals surface area contributed by atoms with Crippen molar-refractivity contribution in [2.45, 2.75) is 13.3 Å². The number of piperazine rings is 1. The zero-order valence-electron chi connectivity index (χ0n) is 11.7. The van der Waals surface area contributed by atoms with Crippen LogP contribution < -0.4 is 10.6 Å². The summed E-state index contributed by atoms with van der Waals surface area (Å²) in [5.41, 5.74) is 0. The molecule has 0 aromatic carbocycles. The lowest BCUT2D eigenvalue weighted by Crippen LogP contribution is -2.51. The SMILES string of the molecule is CCN(CCC(=O)O)C(=O)NCC(=O)N1CCNCC1. The summed E-state index contributed by atoms with van der Waals surface area (Å²) in [6.07, 6.45) is -0.104. The van der Waals surface area contributed by atoms with E-state index < -0.39 is 12.0 Å². The van der Waals surface area contributed by atoms with Crippen LogP contribution in [0.2, 0.25) is 0 Å². The van der Waals surface area contributed by atoms with E-state index >= 15 is 0 Å². The Hall–Kier alpha value is -1.83. The van der Waals surface area contributed by atoms with Crippen LogP contribution in [0.15, 0.2) is 0 Å². The molecule has 20 heavy (non-hydrogen) atoms. The number of carboxylic acid groups (broad SMARTS) is 1. The van der Waals surface area contributed by atoms with Gasteiger partial charge in [-0.15, -0.1) is 0 Å². The van der Waals surface area contributed by atoms with Gasteiger partial charge in [0, 0.05) is 39.3 Å². The highest BCUT2D eigenvalue weighted by Gasteiger charge is 2.18. The molecule has 0 aliphatic carbocycles. The molecule has 8 heteroatoms. The zero-order valence-corrected chi connectivity index (χ0v) is 11.7. The summed E-state index contributed by atoms with van der Waals surface area (Å²) < 4.78 is 0. The number of carboxylic acids is 1. The number of carbonyl (C=O) groups excluding carboxylic acids is 2. The third kappa shape index (κ3) is 5.43. The normalized spacial score (nSPS) is 14.8. The van der Waals surface area contributed by atoms with Gasteiger partial charge < -0.3 is 25.5 Å². The van der Waals surface area contributed by atoms with Crippen LogP contribution in [-0.2, 0) is 9.59 Å². The van der Waals surface area contributed by atoms with Crippen LogP contribution in [0, 0.1) is 0 Å². The minimum Gasteiger partial charge on any atom is -0.481 e. The van der Waals surface area contributed by atoms with Crippen molar-refractivity contribution in [1.82, 2.24) is 20.4 Å². The molecule has 0 spiro atoms. The van der Waals surface area contributed by atoms with E-state index in [0.29, 0.717) is 19.6 Å². The fraction of sp³-hybridized carbons (Fsp3) is 0.750. The minimum absolute atomic E-state index is 0.0532. The van der Waals surface area contributed by atoms with Crippen molar-refractivity contribution >= 4 is 17.9 Å². The standard InChI is InChI=1S/C12H22N4O4/c1-2-15(6-3-11(18)19)12(20)14-9-10(17)16-7-4-13-5-8-16/h13H,2-9H2,1H3,(H,14,20)(H,18,19). The molecule has 1 saturated heterocycles. The Labute approximate surface area is 118 Å². The number of nitrogens with zero attached hydrogens (tertiary/aromatic N) is 2. The van der Waals surface area contributed by atoms with Crippen molar-refractivity contribution in [3.05, 3.63) is 0 Å². The number of aliphatic carboxylic acids is 1. The Morgan fingerprint density at radius 1 is 1.30 bits per heavy atom. The highest BCUT2D eigenvalue weighted by atomic mass is 16.4. The first kappa shape index (κ1) is 16.2. The summed E-state index contributed by atoms with van der Waals surface area (Å²) in [7, 11) is 0. The van der Waals surface area contributed by atoms with E-state index in [1.54, 1.807) is 11.8 Å². The number of amides is 3. The van der Waals surface area contributed by atoms with Gasteiger partial charge in [0.1, 0.15) is 0 Å². The van der Waals surface area contributed by atoms with Gasteiger partial charge in [-0.3, -0.25) is 9.59 Å². The summed E-state index contributed by atoms with van der Waals surface area (Å²) in [4.78, 5) is 37.2. The molecular weight excluding hydrogens is 264 g/mol. The van der Waals surface area contributed by atoms with Gasteiger partial charge in [-0.1, -0.05) is 0 Å². The average Bonchev–Trinajstić information content (AvgIpc) is 2.46. The van der Waals surface area contributed by atoms with Crippen LogP contribution >= 0.6 is 0 Å². The fourth-order valence-electron chi connectivity index (χ4n) is 1.92. The number of hydrogen-bond donors (Lipinski definition) is 3. The van der Waals surface area contributed by atoms with E-state index in [1.807, 2.05) is 0 Å². The zero-order chi connectivity index (χ0) is 15.0. The number of rotatable bonds is 6. The van der Waals surface area contributed by atoms with Crippen LogP contribution in [0.4, 0.5) is 4.79 Å². The lowest BCUT2D eigenvalue weighted by Gasteiger charge is -2.28. The molecule has 0 atom stereocenters. The largest absolute Gasteiger partial charge is 0.481 e. The van der Waals surface area contributed by atoms with E-state index in [9.17, 15) is 14.4 Å². The van der Waals surface area contributed by atoms with Crippen LogP contribution in [0.1, 0.15) is 13.3 Å².